The zero-order chi connectivity index (χ0) is 27.5. The first-order chi connectivity index (χ1) is 18.8. The number of rotatable bonds is 8. The van der Waals surface area contributed by atoms with Crippen LogP contribution < -0.4 is 5.32 Å². The molecule has 5 rings (SSSR count). The van der Waals surface area contributed by atoms with Gasteiger partial charge in [-0.1, -0.05) is 63.1 Å². The fourth-order valence-electron chi connectivity index (χ4n) is 5.92. The first-order valence-electron chi connectivity index (χ1n) is 13.7. The monoisotopic (exact) mass is 533 g/mol. The number of nitrogens with one attached hydrogen (secondary N) is 1. The van der Waals surface area contributed by atoms with Crippen LogP contribution in [0.1, 0.15) is 67.7 Å². The second-order valence-corrected chi connectivity index (χ2v) is 10.9. The maximum absolute atomic E-state index is 13.8. The molecule has 1 fully saturated rings. The lowest BCUT2D eigenvalue weighted by Gasteiger charge is -2.26. The van der Waals surface area contributed by atoms with E-state index in [4.69, 9.17) is 14.6 Å². The van der Waals surface area contributed by atoms with E-state index in [1.54, 1.807) is 0 Å². The lowest BCUT2D eigenvalue weighted by molar-refractivity contribution is -0.136. The Balaban J connectivity index is 1.33. The average Bonchev–Trinajstić information content (AvgIpc) is 3.56. The Morgan fingerprint density at radius 1 is 1.13 bits per heavy atom. The highest BCUT2D eigenvalue weighted by atomic mass is 16.7. The number of fused-ring (bicyclic) bond motifs is 1. The van der Waals surface area contributed by atoms with Gasteiger partial charge in [-0.15, -0.1) is 5.10 Å². The number of carbonyl (C=O) groups excluding carboxylic acids is 2. The van der Waals surface area contributed by atoms with Gasteiger partial charge in [-0.25, -0.2) is 9.80 Å². The van der Waals surface area contributed by atoms with Gasteiger partial charge >= 0.3 is 6.16 Å². The van der Waals surface area contributed by atoms with Crippen LogP contribution in [0, 0.1) is 11.8 Å². The summed E-state index contributed by atoms with van der Waals surface area (Å²) in [7, 11) is 0. The first kappa shape index (κ1) is 26.7. The minimum Gasteiger partial charge on any atom is -0.469 e. The van der Waals surface area contributed by atoms with Crippen LogP contribution in [-0.4, -0.2) is 46.7 Å². The van der Waals surface area contributed by atoms with Gasteiger partial charge in [0.1, 0.15) is 6.10 Å². The molecule has 0 aromatic heterocycles. The van der Waals surface area contributed by atoms with E-state index in [0.29, 0.717) is 25.3 Å². The molecule has 2 N–H and O–H groups in total. The predicted molar refractivity (Wildman–Crippen MR) is 145 cm³/mol. The summed E-state index contributed by atoms with van der Waals surface area (Å²) in [6.07, 6.45) is 3.44. The second kappa shape index (κ2) is 11.5. The molecule has 2 atom stereocenters. The molecular formula is C30H35N3O6. The van der Waals surface area contributed by atoms with E-state index in [9.17, 15) is 14.4 Å². The molecular weight excluding hydrogens is 498 g/mol. The average molecular weight is 534 g/mol. The van der Waals surface area contributed by atoms with Gasteiger partial charge in [0, 0.05) is 24.4 Å². The topological polar surface area (TPSA) is 118 Å². The van der Waals surface area contributed by atoms with E-state index in [1.807, 2.05) is 56.3 Å². The maximum atomic E-state index is 13.8. The summed E-state index contributed by atoms with van der Waals surface area (Å²) in [5, 5.41) is 18.0. The fourth-order valence-corrected chi connectivity index (χ4v) is 5.92. The normalized spacial score (nSPS) is 19.9. The number of ether oxygens (including phenoxy) is 2. The summed E-state index contributed by atoms with van der Waals surface area (Å²) in [4.78, 5) is 37.2. The Morgan fingerprint density at radius 3 is 2.56 bits per heavy atom. The van der Waals surface area contributed by atoms with Crippen molar-refractivity contribution in [2.24, 2.45) is 16.9 Å². The molecule has 3 aliphatic rings. The second-order valence-electron chi connectivity index (χ2n) is 10.9. The van der Waals surface area contributed by atoms with Gasteiger partial charge in [-0.2, -0.15) is 0 Å². The fraction of sp³-hybridized carbons (Fsp3) is 0.467. The van der Waals surface area contributed by atoms with E-state index in [-0.39, 0.29) is 36.2 Å². The zero-order valence-electron chi connectivity index (χ0n) is 22.4. The number of hydrogen-bond donors (Lipinski definition) is 2. The Hall–Kier alpha value is -3.88. The van der Waals surface area contributed by atoms with Crippen molar-refractivity contribution < 1.29 is 29.0 Å². The summed E-state index contributed by atoms with van der Waals surface area (Å²) in [5.41, 5.74) is 4.54. The third-order valence-corrected chi connectivity index (χ3v) is 7.85. The largest absolute Gasteiger partial charge is 0.506 e. The molecule has 1 aliphatic heterocycles. The van der Waals surface area contributed by atoms with Crippen LogP contribution in [0.4, 0.5) is 10.5 Å². The van der Waals surface area contributed by atoms with Crippen molar-refractivity contribution >= 4 is 29.6 Å². The van der Waals surface area contributed by atoms with E-state index < -0.39 is 12.3 Å². The Morgan fingerprint density at radius 2 is 1.87 bits per heavy atom. The molecule has 2 amide bonds. The van der Waals surface area contributed by atoms with E-state index in [1.165, 1.54) is 5.01 Å². The zero-order valence-corrected chi connectivity index (χ0v) is 22.4. The van der Waals surface area contributed by atoms with E-state index in [0.717, 1.165) is 53.6 Å². The number of nitrogens with zero attached hydrogens (tertiary/aromatic N) is 2. The highest BCUT2D eigenvalue weighted by Crippen LogP contribution is 2.39. The van der Waals surface area contributed by atoms with Gasteiger partial charge in [0.15, 0.2) is 6.61 Å². The van der Waals surface area contributed by atoms with Crippen LogP contribution in [0.5, 0.6) is 0 Å². The molecule has 0 radical (unpaired) electrons. The van der Waals surface area contributed by atoms with E-state index in [2.05, 4.69) is 10.4 Å². The molecule has 0 spiro atoms. The number of hydrazone groups is 1. The van der Waals surface area contributed by atoms with Crippen LogP contribution in [0.3, 0.4) is 0 Å². The summed E-state index contributed by atoms with van der Waals surface area (Å²) >= 11 is 0. The third kappa shape index (κ3) is 6.08. The SMILES string of the molecule is CC(C)C1=NN(Cc2ccc(C(C(=O)Nc3cccc4c3CC(OC(=O)O)C4)C3CCCC3)cc2)C(=O)CO1. The van der Waals surface area contributed by atoms with Crippen LogP contribution in [-0.2, 0) is 38.4 Å². The molecule has 2 aliphatic carbocycles. The Bertz CT molecular complexity index is 1270. The molecule has 0 saturated heterocycles. The van der Waals surface area contributed by atoms with E-state index >= 15 is 0 Å². The molecule has 9 nitrogen and oxygen atoms in total. The standard InChI is InChI=1S/C30H35N3O6/c1-18(2)29-32-33(26(34)17-38-29)16-19-10-12-21(13-11-19)27(20-6-3-4-7-20)28(35)31-25-9-5-8-22-14-23(15-24(22)25)39-30(36)37/h5,8-13,18,20,23,27H,3-4,6-7,14-17H2,1-2H3,(H,31,35)(H,36,37). The Kier molecular flexibility index (Phi) is 7.86. The molecule has 0 bridgehead atoms. The van der Waals surface area contributed by atoms with Crippen molar-refractivity contribution in [1.82, 2.24) is 5.01 Å². The van der Waals surface area contributed by atoms with Gasteiger partial charge in [-0.3, -0.25) is 9.59 Å². The van der Waals surface area contributed by atoms with Crippen molar-refractivity contribution in [2.75, 3.05) is 11.9 Å². The van der Waals surface area contributed by atoms with Gasteiger partial charge in [-0.05, 0) is 47.1 Å². The maximum Gasteiger partial charge on any atom is 0.506 e. The van der Waals surface area contributed by atoms with Gasteiger partial charge in [0.2, 0.25) is 11.8 Å². The quantitative estimate of drug-likeness (QED) is 0.457. The van der Waals surface area contributed by atoms with Crippen molar-refractivity contribution in [1.29, 1.82) is 0 Å². The molecule has 1 heterocycles. The van der Waals surface area contributed by atoms with Gasteiger partial charge in [0.25, 0.3) is 5.91 Å². The molecule has 2 unspecified atom stereocenters. The minimum atomic E-state index is -1.28. The molecule has 39 heavy (non-hydrogen) atoms. The molecule has 206 valence electrons. The lowest BCUT2D eigenvalue weighted by atomic mass is 9.83. The van der Waals surface area contributed by atoms with Gasteiger partial charge < -0.3 is 19.9 Å². The summed E-state index contributed by atoms with van der Waals surface area (Å²) in [6.45, 7) is 4.28. The van der Waals surface area contributed by atoms with Crippen molar-refractivity contribution in [3.05, 3.63) is 64.7 Å². The molecule has 2 aromatic rings. The first-order valence-corrected chi connectivity index (χ1v) is 13.7. The van der Waals surface area contributed by atoms with Gasteiger partial charge in [0.05, 0.1) is 12.5 Å². The van der Waals surface area contributed by atoms with Crippen LogP contribution >= 0.6 is 0 Å². The number of benzene rings is 2. The molecule has 9 heteroatoms. The number of carboxylic acid groups (broad SMARTS) is 1. The molecule has 2 aromatic carbocycles. The Labute approximate surface area is 228 Å². The summed E-state index contributed by atoms with van der Waals surface area (Å²) < 4.78 is 10.4. The number of amides is 2. The predicted octanol–water partition coefficient (Wildman–Crippen LogP) is 5.09. The number of anilines is 1. The van der Waals surface area contributed by atoms with Crippen molar-refractivity contribution in [3.63, 3.8) is 0 Å². The molecule has 1 saturated carbocycles. The van der Waals surface area contributed by atoms with Crippen molar-refractivity contribution in [3.8, 4) is 0 Å². The minimum absolute atomic E-state index is 0.00854. The summed E-state index contributed by atoms with van der Waals surface area (Å²) in [5.74, 6) is 0.348. The van der Waals surface area contributed by atoms with Crippen LogP contribution in [0.15, 0.2) is 47.6 Å². The smallest absolute Gasteiger partial charge is 0.469 e. The number of carbonyl (C=O) groups is 3. The van der Waals surface area contributed by atoms with Crippen molar-refractivity contribution in [2.45, 2.75) is 70.9 Å². The highest BCUT2D eigenvalue weighted by molar-refractivity contribution is 5.97. The van der Waals surface area contributed by atoms with Crippen LogP contribution in [0.2, 0.25) is 0 Å². The lowest BCUT2D eigenvalue weighted by Crippen LogP contribution is -2.37. The summed E-state index contributed by atoms with van der Waals surface area (Å²) in [6, 6.07) is 13.6. The third-order valence-electron chi connectivity index (χ3n) is 7.85. The van der Waals surface area contributed by atoms with Crippen LogP contribution in [0.25, 0.3) is 0 Å². The highest BCUT2D eigenvalue weighted by Gasteiger charge is 2.34. The number of hydrogen-bond acceptors (Lipinski definition) is 6.